The van der Waals surface area contributed by atoms with Crippen molar-refractivity contribution in [1.29, 1.82) is 0 Å². The summed E-state index contributed by atoms with van der Waals surface area (Å²) in [6, 6.07) is 15.9. The summed E-state index contributed by atoms with van der Waals surface area (Å²) in [6.45, 7) is 0.261. The molecule has 25 heavy (non-hydrogen) atoms. The second-order valence-corrected chi connectivity index (χ2v) is 6.38. The second-order valence-electron chi connectivity index (χ2n) is 6.38. The summed E-state index contributed by atoms with van der Waals surface area (Å²) in [5.74, 6) is 0. The number of anilines is 1. The van der Waals surface area contributed by atoms with Gasteiger partial charge in [-0.25, -0.2) is 4.79 Å². The van der Waals surface area contributed by atoms with Crippen LogP contribution in [-0.2, 0) is 6.42 Å². The van der Waals surface area contributed by atoms with Gasteiger partial charge in [0.15, 0.2) is 0 Å². The zero-order chi connectivity index (χ0) is 17.2. The molecule has 0 saturated heterocycles. The van der Waals surface area contributed by atoms with Gasteiger partial charge in [-0.1, -0.05) is 30.3 Å². The lowest BCUT2D eigenvalue weighted by Crippen LogP contribution is -2.39. The molecule has 2 aromatic carbocycles. The van der Waals surface area contributed by atoms with Crippen LogP contribution < -0.4 is 5.32 Å². The SMILES string of the molecule is O=C(Nc1ccc2cc[nH]c2c1)N(CCO)C1CCc2ccccc21. The molecule has 1 aliphatic carbocycles. The van der Waals surface area contributed by atoms with Crippen LogP contribution in [0.3, 0.4) is 0 Å². The predicted octanol–water partition coefficient (Wildman–Crippen LogP) is 3.68. The Morgan fingerprint density at radius 2 is 2.12 bits per heavy atom. The first-order valence-corrected chi connectivity index (χ1v) is 8.59. The minimum Gasteiger partial charge on any atom is -0.395 e. The first-order valence-electron chi connectivity index (χ1n) is 8.59. The average Bonchev–Trinajstić information content (AvgIpc) is 3.26. The monoisotopic (exact) mass is 335 g/mol. The average molecular weight is 335 g/mol. The smallest absolute Gasteiger partial charge is 0.322 e. The molecule has 1 atom stereocenters. The first-order chi connectivity index (χ1) is 12.3. The molecule has 0 spiro atoms. The number of carbonyl (C=O) groups is 1. The zero-order valence-electron chi connectivity index (χ0n) is 13.9. The third-order valence-electron chi connectivity index (χ3n) is 4.89. The van der Waals surface area contributed by atoms with Crippen LogP contribution in [0.1, 0.15) is 23.6 Å². The molecule has 0 fully saturated rings. The van der Waals surface area contributed by atoms with Gasteiger partial charge in [0.25, 0.3) is 0 Å². The van der Waals surface area contributed by atoms with Crippen molar-refractivity contribution in [2.45, 2.75) is 18.9 Å². The van der Waals surface area contributed by atoms with Crippen LogP contribution in [0.4, 0.5) is 10.5 Å². The Morgan fingerprint density at radius 1 is 1.24 bits per heavy atom. The highest BCUT2D eigenvalue weighted by Gasteiger charge is 2.30. The fraction of sp³-hybridized carbons (Fsp3) is 0.250. The minimum atomic E-state index is -0.179. The Bertz CT molecular complexity index is 903. The molecule has 3 N–H and O–H groups in total. The third kappa shape index (κ3) is 2.98. The van der Waals surface area contributed by atoms with Crippen molar-refractivity contribution in [3.8, 4) is 0 Å². The number of nitrogens with zero attached hydrogens (tertiary/aromatic N) is 1. The number of fused-ring (bicyclic) bond motifs is 2. The molecule has 1 aliphatic rings. The lowest BCUT2D eigenvalue weighted by atomic mass is 10.1. The lowest BCUT2D eigenvalue weighted by Gasteiger charge is -2.29. The highest BCUT2D eigenvalue weighted by atomic mass is 16.3. The first kappa shape index (κ1) is 15.7. The van der Waals surface area contributed by atoms with Crippen LogP contribution in [0.5, 0.6) is 0 Å². The Labute approximate surface area is 146 Å². The van der Waals surface area contributed by atoms with Crippen molar-refractivity contribution in [3.05, 3.63) is 65.9 Å². The Kier molecular flexibility index (Phi) is 4.15. The number of amides is 2. The molecule has 5 heteroatoms. The molecule has 1 unspecified atom stereocenters. The van der Waals surface area contributed by atoms with E-state index in [0.717, 1.165) is 29.4 Å². The van der Waals surface area contributed by atoms with Crippen LogP contribution in [0.25, 0.3) is 10.9 Å². The lowest BCUT2D eigenvalue weighted by molar-refractivity contribution is 0.162. The standard InChI is InChI=1S/C20H21N3O2/c24-12-11-23(19-8-6-14-3-1-2-4-17(14)19)20(25)22-16-7-5-15-9-10-21-18(15)13-16/h1-5,7,9-10,13,19,21,24H,6,8,11-12H2,(H,22,25). The van der Waals surface area contributed by atoms with E-state index >= 15 is 0 Å². The van der Waals surface area contributed by atoms with E-state index in [1.165, 1.54) is 11.1 Å². The summed E-state index contributed by atoms with van der Waals surface area (Å²) in [5.41, 5.74) is 4.20. The molecular formula is C20H21N3O2. The van der Waals surface area contributed by atoms with Crippen LogP contribution >= 0.6 is 0 Å². The maximum atomic E-state index is 12.9. The number of urea groups is 1. The molecule has 1 aromatic heterocycles. The number of rotatable bonds is 4. The Balaban J connectivity index is 1.57. The van der Waals surface area contributed by atoms with Gasteiger partial charge >= 0.3 is 6.03 Å². The van der Waals surface area contributed by atoms with E-state index in [2.05, 4.69) is 22.4 Å². The number of benzene rings is 2. The minimum absolute atomic E-state index is 0.0116. The zero-order valence-corrected chi connectivity index (χ0v) is 13.9. The molecular weight excluding hydrogens is 314 g/mol. The van der Waals surface area contributed by atoms with E-state index in [1.54, 1.807) is 4.90 Å². The molecule has 3 aromatic rings. The summed E-state index contributed by atoms with van der Waals surface area (Å²) < 4.78 is 0. The molecule has 0 saturated carbocycles. The van der Waals surface area contributed by atoms with Gasteiger partial charge in [0, 0.05) is 23.9 Å². The van der Waals surface area contributed by atoms with Gasteiger partial charge in [0.1, 0.15) is 0 Å². The van der Waals surface area contributed by atoms with E-state index in [-0.39, 0.29) is 18.7 Å². The number of aryl methyl sites for hydroxylation is 1. The maximum Gasteiger partial charge on any atom is 0.322 e. The molecule has 0 aliphatic heterocycles. The second kappa shape index (κ2) is 6.61. The number of aromatic amines is 1. The van der Waals surface area contributed by atoms with Crippen LogP contribution in [0, 0.1) is 0 Å². The molecule has 0 bridgehead atoms. The summed E-state index contributed by atoms with van der Waals surface area (Å²) in [5, 5.41) is 13.5. The van der Waals surface area contributed by atoms with Crippen molar-refractivity contribution in [2.24, 2.45) is 0 Å². The fourth-order valence-corrected chi connectivity index (χ4v) is 3.69. The summed E-state index contributed by atoms with van der Waals surface area (Å²) in [6.07, 6.45) is 3.73. The van der Waals surface area contributed by atoms with Gasteiger partial charge in [-0.05, 0) is 47.6 Å². The van der Waals surface area contributed by atoms with Gasteiger partial charge in [0.05, 0.1) is 12.6 Å². The molecule has 128 valence electrons. The van der Waals surface area contributed by atoms with Gasteiger partial charge in [-0.3, -0.25) is 0 Å². The highest BCUT2D eigenvalue weighted by Crippen LogP contribution is 2.35. The van der Waals surface area contributed by atoms with Gasteiger partial charge in [-0.2, -0.15) is 0 Å². The van der Waals surface area contributed by atoms with Crippen molar-refractivity contribution in [1.82, 2.24) is 9.88 Å². The van der Waals surface area contributed by atoms with Crippen LogP contribution in [0.2, 0.25) is 0 Å². The quantitative estimate of drug-likeness (QED) is 0.681. The number of hydrogen-bond acceptors (Lipinski definition) is 2. The number of aliphatic hydroxyl groups is 1. The van der Waals surface area contributed by atoms with Crippen molar-refractivity contribution >= 4 is 22.6 Å². The van der Waals surface area contributed by atoms with E-state index in [1.807, 2.05) is 42.6 Å². The van der Waals surface area contributed by atoms with Gasteiger partial charge in [-0.15, -0.1) is 0 Å². The normalized spacial score (nSPS) is 16.0. The van der Waals surface area contributed by atoms with E-state index in [0.29, 0.717) is 6.54 Å². The summed E-state index contributed by atoms with van der Waals surface area (Å²) in [4.78, 5) is 17.8. The molecule has 5 nitrogen and oxygen atoms in total. The fourth-order valence-electron chi connectivity index (χ4n) is 3.69. The molecule has 0 radical (unpaired) electrons. The summed E-state index contributed by atoms with van der Waals surface area (Å²) in [7, 11) is 0. The van der Waals surface area contributed by atoms with Crippen molar-refractivity contribution in [3.63, 3.8) is 0 Å². The van der Waals surface area contributed by atoms with Gasteiger partial charge < -0.3 is 20.3 Å². The molecule has 2 amide bonds. The molecule has 4 rings (SSSR count). The third-order valence-corrected chi connectivity index (χ3v) is 4.89. The number of nitrogens with one attached hydrogen (secondary N) is 2. The predicted molar refractivity (Wildman–Crippen MR) is 98.6 cm³/mol. The number of aromatic nitrogens is 1. The van der Waals surface area contributed by atoms with Crippen molar-refractivity contribution in [2.75, 3.05) is 18.5 Å². The number of carbonyl (C=O) groups excluding carboxylic acids is 1. The van der Waals surface area contributed by atoms with E-state index in [4.69, 9.17) is 0 Å². The van der Waals surface area contributed by atoms with Gasteiger partial charge in [0.2, 0.25) is 0 Å². The highest BCUT2D eigenvalue weighted by molar-refractivity contribution is 5.93. The number of hydrogen-bond donors (Lipinski definition) is 3. The Morgan fingerprint density at radius 3 is 3.00 bits per heavy atom. The van der Waals surface area contributed by atoms with Crippen LogP contribution in [-0.4, -0.2) is 34.2 Å². The number of aliphatic hydroxyl groups excluding tert-OH is 1. The number of H-pyrrole nitrogens is 1. The summed E-state index contributed by atoms with van der Waals surface area (Å²) >= 11 is 0. The maximum absolute atomic E-state index is 12.9. The van der Waals surface area contributed by atoms with E-state index < -0.39 is 0 Å². The van der Waals surface area contributed by atoms with Crippen molar-refractivity contribution < 1.29 is 9.90 Å². The Hall–Kier alpha value is -2.79. The largest absolute Gasteiger partial charge is 0.395 e. The van der Waals surface area contributed by atoms with E-state index in [9.17, 15) is 9.90 Å². The van der Waals surface area contributed by atoms with Crippen LogP contribution in [0.15, 0.2) is 54.7 Å². The topological polar surface area (TPSA) is 68.4 Å². The molecule has 1 heterocycles.